The first-order valence-electron chi connectivity index (χ1n) is 4.49. The van der Waals surface area contributed by atoms with Gasteiger partial charge in [-0.05, 0) is 34.1 Å². The van der Waals surface area contributed by atoms with Crippen LogP contribution in [-0.2, 0) is 6.61 Å². The van der Waals surface area contributed by atoms with Crippen LogP contribution in [0.3, 0.4) is 0 Å². The summed E-state index contributed by atoms with van der Waals surface area (Å²) in [6, 6.07) is 8.70. The summed E-state index contributed by atoms with van der Waals surface area (Å²) in [5.74, 6) is 0.870. The lowest BCUT2D eigenvalue weighted by Gasteiger charge is -2.04. The van der Waals surface area contributed by atoms with Gasteiger partial charge in [-0.15, -0.1) is 0 Å². The first kappa shape index (κ1) is 10.1. The molecule has 0 amide bonds. The van der Waals surface area contributed by atoms with Gasteiger partial charge in [0, 0.05) is 17.8 Å². The van der Waals surface area contributed by atoms with Gasteiger partial charge in [-0.25, -0.2) is 0 Å². The van der Waals surface area contributed by atoms with Crippen LogP contribution in [0.1, 0.15) is 5.56 Å². The van der Waals surface area contributed by atoms with Gasteiger partial charge in [0.1, 0.15) is 18.1 Å². The molecule has 0 unspecified atom stereocenters. The van der Waals surface area contributed by atoms with Gasteiger partial charge in [-0.1, -0.05) is 6.07 Å². The quantitative estimate of drug-likeness (QED) is 0.898. The zero-order valence-electron chi connectivity index (χ0n) is 7.90. The molecule has 0 aliphatic heterocycles. The maximum Gasteiger partial charge on any atom is 0.123 e. The van der Waals surface area contributed by atoms with Crippen LogP contribution in [0.15, 0.2) is 41.1 Å². The third kappa shape index (κ3) is 2.76. The summed E-state index contributed by atoms with van der Waals surface area (Å²) in [4.78, 5) is 3.00. The summed E-state index contributed by atoms with van der Waals surface area (Å²) in [6.45, 7) is 0.478. The number of hydrogen-bond donors (Lipinski definition) is 2. The second-order valence-electron chi connectivity index (χ2n) is 3.14. The number of nitrogens with one attached hydrogen (secondary N) is 1. The van der Waals surface area contributed by atoms with E-state index in [2.05, 4.69) is 20.9 Å². The van der Waals surface area contributed by atoms with Crippen LogP contribution in [0.4, 0.5) is 0 Å². The van der Waals surface area contributed by atoms with Crippen molar-refractivity contribution >= 4 is 15.9 Å². The van der Waals surface area contributed by atoms with E-state index >= 15 is 0 Å². The molecule has 0 bridgehead atoms. The molecule has 15 heavy (non-hydrogen) atoms. The lowest BCUT2D eigenvalue weighted by Crippen LogP contribution is -1.93. The lowest BCUT2D eigenvalue weighted by molar-refractivity contribution is 0.304. The molecule has 1 aromatic heterocycles. The van der Waals surface area contributed by atoms with Crippen molar-refractivity contribution in [1.29, 1.82) is 0 Å². The maximum absolute atomic E-state index is 9.22. The highest BCUT2D eigenvalue weighted by atomic mass is 79.9. The van der Waals surface area contributed by atoms with Crippen LogP contribution in [0.5, 0.6) is 11.5 Å². The SMILES string of the molecule is Oc1cccc(OCc2c[nH]c(Br)c2)c1. The van der Waals surface area contributed by atoms with E-state index in [1.807, 2.05) is 12.3 Å². The first-order valence-corrected chi connectivity index (χ1v) is 5.28. The molecule has 0 radical (unpaired) electrons. The second kappa shape index (κ2) is 4.40. The number of aromatic amines is 1. The predicted octanol–water partition coefficient (Wildman–Crippen LogP) is 3.06. The zero-order valence-corrected chi connectivity index (χ0v) is 9.49. The van der Waals surface area contributed by atoms with E-state index in [4.69, 9.17) is 4.74 Å². The van der Waals surface area contributed by atoms with Gasteiger partial charge in [-0.2, -0.15) is 0 Å². The van der Waals surface area contributed by atoms with Crippen molar-refractivity contribution in [1.82, 2.24) is 4.98 Å². The van der Waals surface area contributed by atoms with Crippen LogP contribution in [0.25, 0.3) is 0 Å². The number of rotatable bonds is 3. The average Bonchev–Trinajstić information content (AvgIpc) is 2.62. The summed E-state index contributed by atoms with van der Waals surface area (Å²) in [6.07, 6.45) is 1.87. The van der Waals surface area contributed by atoms with Crippen LogP contribution >= 0.6 is 15.9 Å². The fourth-order valence-electron chi connectivity index (χ4n) is 1.23. The van der Waals surface area contributed by atoms with E-state index in [1.165, 1.54) is 0 Å². The molecular weight excluding hydrogens is 258 g/mol. The summed E-state index contributed by atoms with van der Waals surface area (Å²) in [5.41, 5.74) is 1.05. The molecule has 1 aromatic carbocycles. The average molecular weight is 268 g/mol. The number of H-pyrrole nitrogens is 1. The molecule has 0 saturated carbocycles. The third-order valence-corrected chi connectivity index (χ3v) is 2.39. The van der Waals surface area contributed by atoms with Crippen molar-refractivity contribution in [3.05, 3.63) is 46.7 Å². The topological polar surface area (TPSA) is 45.2 Å². The Morgan fingerprint density at radius 3 is 2.87 bits per heavy atom. The van der Waals surface area contributed by atoms with E-state index in [-0.39, 0.29) is 5.75 Å². The molecule has 0 aliphatic carbocycles. The molecule has 2 N–H and O–H groups in total. The Balaban J connectivity index is 1.99. The molecule has 0 fully saturated rings. The van der Waals surface area contributed by atoms with Gasteiger partial charge in [0.15, 0.2) is 0 Å². The fourth-order valence-corrected chi connectivity index (χ4v) is 1.64. The molecule has 2 rings (SSSR count). The van der Waals surface area contributed by atoms with Gasteiger partial charge in [0.25, 0.3) is 0 Å². The van der Waals surface area contributed by atoms with Crippen molar-refractivity contribution in [3.8, 4) is 11.5 Å². The molecule has 0 atom stereocenters. The molecule has 0 spiro atoms. The number of ether oxygens (including phenoxy) is 1. The van der Waals surface area contributed by atoms with E-state index < -0.39 is 0 Å². The molecule has 0 aliphatic rings. The normalized spacial score (nSPS) is 10.2. The van der Waals surface area contributed by atoms with Gasteiger partial charge in [-0.3, -0.25) is 0 Å². The number of halogens is 1. The van der Waals surface area contributed by atoms with E-state index in [1.54, 1.807) is 24.3 Å². The zero-order chi connectivity index (χ0) is 10.7. The highest BCUT2D eigenvalue weighted by Crippen LogP contribution is 2.19. The van der Waals surface area contributed by atoms with Crippen LogP contribution in [0.2, 0.25) is 0 Å². The number of aromatic hydroxyl groups is 1. The smallest absolute Gasteiger partial charge is 0.123 e. The Kier molecular flexibility index (Phi) is 2.97. The number of benzene rings is 1. The van der Waals surface area contributed by atoms with Gasteiger partial charge in [0.05, 0.1) is 4.60 Å². The van der Waals surface area contributed by atoms with E-state index in [0.29, 0.717) is 12.4 Å². The summed E-state index contributed by atoms with van der Waals surface area (Å²) < 4.78 is 6.41. The van der Waals surface area contributed by atoms with E-state index in [0.717, 1.165) is 10.2 Å². The Labute approximate surface area is 95.8 Å². The third-order valence-electron chi connectivity index (χ3n) is 1.93. The van der Waals surface area contributed by atoms with E-state index in [9.17, 15) is 5.11 Å². The molecule has 4 heteroatoms. The van der Waals surface area contributed by atoms with Crippen molar-refractivity contribution in [2.75, 3.05) is 0 Å². The molecule has 3 nitrogen and oxygen atoms in total. The van der Waals surface area contributed by atoms with Gasteiger partial charge in [0.2, 0.25) is 0 Å². The highest BCUT2D eigenvalue weighted by molar-refractivity contribution is 9.10. The van der Waals surface area contributed by atoms with Crippen molar-refractivity contribution in [3.63, 3.8) is 0 Å². The van der Waals surface area contributed by atoms with Crippen LogP contribution < -0.4 is 4.74 Å². The molecule has 1 heterocycles. The minimum Gasteiger partial charge on any atom is -0.508 e. The molecule has 2 aromatic rings. The predicted molar refractivity (Wildman–Crippen MR) is 60.9 cm³/mol. The summed E-state index contributed by atoms with van der Waals surface area (Å²) >= 11 is 3.32. The number of hydrogen-bond acceptors (Lipinski definition) is 2. The van der Waals surface area contributed by atoms with Crippen molar-refractivity contribution < 1.29 is 9.84 Å². The van der Waals surface area contributed by atoms with Gasteiger partial charge < -0.3 is 14.8 Å². The fraction of sp³-hybridized carbons (Fsp3) is 0.0909. The number of aromatic nitrogens is 1. The second-order valence-corrected chi connectivity index (χ2v) is 4.00. The van der Waals surface area contributed by atoms with Gasteiger partial charge >= 0.3 is 0 Å². The van der Waals surface area contributed by atoms with Crippen LogP contribution in [-0.4, -0.2) is 10.1 Å². The monoisotopic (exact) mass is 267 g/mol. The molecule has 0 saturated heterocycles. The lowest BCUT2D eigenvalue weighted by atomic mass is 10.3. The molecule has 78 valence electrons. The number of phenols is 1. The largest absolute Gasteiger partial charge is 0.508 e. The maximum atomic E-state index is 9.22. The Bertz CT molecular complexity index is 453. The Morgan fingerprint density at radius 2 is 2.20 bits per heavy atom. The Hall–Kier alpha value is -1.42. The van der Waals surface area contributed by atoms with Crippen molar-refractivity contribution in [2.24, 2.45) is 0 Å². The Morgan fingerprint density at radius 1 is 1.33 bits per heavy atom. The van der Waals surface area contributed by atoms with Crippen molar-refractivity contribution in [2.45, 2.75) is 6.61 Å². The number of phenolic OH excluding ortho intramolecular Hbond substituents is 1. The summed E-state index contributed by atoms with van der Waals surface area (Å²) in [5, 5.41) is 9.22. The first-order chi connectivity index (χ1) is 7.24. The minimum absolute atomic E-state index is 0.211. The standard InChI is InChI=1S/C11H10BrNO2/c12-11-4-8(6-13-11)7-15-10-3-1-2-9(14)5-10/h1-6,13-14H,7H2. The summed E-state index contributed by atoms with van der Waals surface area (Å²) in [7, 11) is 0. The molecular formula is C11H10BrNO2. The van der Waals surface area contributed by atoms with Crippen LogP contribution in [0, 0.1) is 0 Å². The minimum atomic E-state index is 0.211. The highest BCUT2D eigenvalue weighted by Gasteiger charge is 1.99.